The van der Waals surface area contributed by atoms with Crippen LogP contribution in [0.25, 0.3) is 0 Å². The van der Waals surface area contributed by atoms with E-state index < -0.39 is 0 Å². The van der Waals surface area contributed by atoms with Gasteiger partial charge in [-0.1, -0.05) is 13.8 Å². The minimum Gasteiger partial charge on any atom is -0.465 e. The van der Waals surface area contributed by atoms with E-state index in [1.165, 1.54) is 7.11 Å². The predicted molar refractivity (Wildman–Crippen MR) is 71.4 cm³/mol. The molecule has 18 heavy (non-hydrogen) atoms. The lowest BCUT2D eigenvalue weighted by Crippen LogP contribution is -2.30. The summed E-state index contributed by atoms with van der Waals surface area (Å²) in [5.41, 5.74) is 1.46. The van der Waals surface area contributed by atoms with E-state index >= 15 is 0 Å². The van der Waals surface area contributed by atoms with E-state index in [0.29, 0.717) is 11.6 Å². The quantitative estimate of drug-likeness (QED) is 0.727. The summed E-state index contributed by atoms with van der Waals surface area (Å²) in [6.45, 7) is 5.19. The number of rotatable bonds is 6. The maximum absolute atomic E-state index is 11.3. The number of esters is 1. The van der Waals surface area contributed by atoms with Crippen molar-refractivity contribution in [3.63, 3.8) is 0 Å². The van der Waals surface area contributed by atoms with Crippen LogP contribution in [0.15, 0.2) is 18.3 Å². The van der Waals surface area contributed by atoms with Gasteiger partial charge >= 0.3 is 5.97 Å². The summed E-state index contributed by atoms with van der Waals surface area (Å²) in [6, 6.07) is 4.21. The lowest BCUT2D eigenvalue weighted by molar-refractivity contribution is 0.0600. The van der Waals surface area contributed by atoms with Crippen molar-refractivity contribution >= 4 is 5.97 Å². The molecule has 0 saturated heterocycles. The van der Waals surface area contributed by atoms with Crippen molar-refractivity contribution in [2.75, 3.05) is 14.2 Å². The molecule has 1 aromatic rings. The smallest absolute Gasteiger partial charge is 0.339 e. The Bertz CT molecular complexity index is 372. The van der Waals surface area contributed by atoms with Gasteiger partial charge in [-0.25, -0.2) is 4.79 Å². The fourth-order valence-corrected chi connectivity index (χ4v) is 2.05. The average Bonchev–Trinajstić information content (AvgIpc) is 2.40. The first-order valence-electron chi connectivity index (χ1n) is 6.35. The van der Waals surface area contributed by atoms with Gasteiger partial charge in [-0.3, -0.25) is 9.88 Å². The van der Waals surface area contributed by atoms with Crippen molar-refractivity contribution in [2.45, 2.75) is 39.3 Å². The van der Waals surface area contributed by atoms with E-state index in [2.05, 4.69) is 35.5 Å². The Morgan fingerprint density at radius 3 is 2.50 bits per heavy atom. The Kier molecular flexibility index (Phi) is 5.78. The number of hydrogen-bond acceptors (Lipinski definition) is 4. The summed E-state index contributed by atoms with van der Waals surface area (Å²) in [7, 11) is 3.48. The Hall–Kier alpha value is -1.42. The number of aromatic nitrogens is 1. The molecule has 0 amide bonds. The highest BCUT2D eigenvalue weighted by Crippen LogP contribution is 2.10. The van der Waals surface area contributed by atoms with Crippen LogP contribution >= 0.6 is 0 Å². The van der Waals surface area contributed by atoms with Crippen LogP contribution in [0.3, 0.4) is 0 Å². The summed E-state index contributed by atoms with van der Waals surface area (Å²) in [4.78, 5) is 17.9. The lowest BCUT2D eigenvalue weighted by Gasteiger charge is -2.25. The van der Waals surface area contributed by atoms with E-state index in [9.17, 15) is 4.79 Å². The van der Waals surface area contributed by atoms with E-state index in [1.54, 1.807) is 12.3 Å². The second-order valence-electron chi connectivity index (χ2n) is 4.42. The van der Waals surface area contributed by atoms with Crippen molar-refractivity contribution in [1.82, 2.24) is 9.88 Å². The van der Waals surface area contributed by atoms with Gasteiger partial charge in [0.15, 0.2) is 0 Å². The van der Waals surface area contributed by atoms with Crippen LogP contribution in [0.1, 0.15) is 42.7 Å². The highest BCUT2D eigenvalue weighted by Gasteiger charge is 2.12. The Labute approximate surface area is 109 Å². The number of methoxy groups -OCH3 is 1. The summed E-state index contributed by atoms with van der Waals surface area (Å²) < 4.78 is 4.64. The van der Waals surface area contributed by atoms with Gasteiger partial charge in [0.05, 0.1) is 18.4 Å². The molecule has 4 nitrogen and oxygen atoms in total. The van der Waals surface area contributed by atoms with Crippen molar-refractivity contribution < 1.29 is 9.53 Å². The summed E-state index contributed by atoms with van der Waals surface area (Å²) >= 11 is 0. The molecule has 0 aliphatic rings. The van der Waals surface area contributed by atoms with Gasteiger partial charge < -0.3 is 4.74 Å². The molecule has 0 unspecified atom stereocenters. The van der Waals surface area contributed by atoms with Gasteiger partial charge in [0, 0.05) is 18.8 Å². The molecular weight excluding hydrogens is 228 g/mol. The third kappa shape index (κ3) is 3.81. The van der Waals surface area contributed by atoms with Crippen LogP contribution in [0, 0.1) is 0 Å². The SMILES string of the molecule is CCC(CC)N(C)Cc1ccc(C(=O)OC)cn1. The molecule has 0 saturated carbocycles. The van der Waals surface area contributed by atoms with Gasteiger partial charge in [0.2, 0.25) is 0 Å². The number of ether oxygens (including phenoxy) is 1. The second-order valence-corrected chi connectivity index (χ2v) is 4.42. The van der Waals surface area contributed by atoms with E-state index in [4.69, 9.17) is 0 Å². The van der Waals surface area contributed by atoms with Gasteiger partial charge in [-0.15, -0.1) is 0 Å². The van der Waals surface area contributed by atoms with Gasteiger partial charge in [-0.05, 0) is 32.0 Å². The summed E-state index contributed by atoms with van der Waals surface area (Å²) in [5.74, 6) is -0.345. The van der Waals surface area contributed by atoms with Crippen molar-refractivity contribution in [2.24, 2.45) is 0 Å². The Balaban J connectivity index is 2.66. The standard InChI is InChI=1S/C14H22N2O2/c1-5-13(6-2)16(3)10-12-8-7-11(9-15-12)14(17)18-4/h7-9,13H,5-6,10H2,1-4H3. The molecule has 0 aliphatic carbocycles. The molecule has 1 heterocycles. The zero-order valence-corrected chi connectivity index (χ0v) is 11.6. The number of hydrogen-bond donors (Lipinski definition) is 0. The largest absolute Gasteiger partial charge is 0.465 e. The van der Waals surface area contributed by atoms with Crippen LogP contribution in [-0.4, -0.2) is 36.1 Å². The van der Waals surface area contributed by atoms with Gasteiger partial charge in [0.1, 0.15) is 0 Å². The number of carbonyl (C=O) groups is 1. The number of pyridine rings is 1. The summed E-state index contributed by atoms with van der Waals surface area (Å²) in [6.07, 6.45) is 3.84. The first-order chi connectivity index (χ1) is 8.62. The van der Waals surface area contributed by atoms with Gasteiger partial charge in [0.25, 0.3) is 0 Å². The molecule has 1 aromatic heterocycles. The first-order valence-corrected chi connectivity index (χ1v) is 6.35. The van der Waals surface area contributed by atoms with Crippen molar-refractivity contribution in [3.05, 3.63) is 29.6 Å². The lowest BCUT2D eigenvalue weighted by atomic mass is 10.1. The Morgan fingerprint density at radius 2 is 2.06 bits per heavy atom. The van der Waals surface area contributed by atoms with Crippen molar-refractivity contribution in [1.29, 1.82) is 0 Å². The fraction of sp³-hybridized carbons (Fsp3) is 0.571. The zero-order valence-electron chi connectivity index (χ0n) is 11.6. The molecule has 0 aromatic carbocycles. The van der Waals surface area contributed by atoms with Crippen molar-refractivity contribution in [3.8, 4) is 0 Å². The maximum Gasteiger partial charge on any atom is 0.339 e. The molecule has 0 atom stereocenters. The van der Waals surface area contributed by atoms with Crippen LogP contribution in [0.5, 0.6) is 0 Å². The fourth-order valence-electron chi connectivity index (χ4n) is 2.05. The normalized spacial score (nSPS) is 11.0. The highest BCUT2D eigenvalue weighted by atomic mass is 16.5. The average molecular weight is 250 g/mol. The highest BCUT2D eigenvalue weighted by molar-refractivity contribution is 5.88. The third-order valence-electron chi connectivity index (χ3n) is 3.22. The molecule has 0 aliphatic heterocycles. The van der Waals surface area contributed by atoms with Crippen LogP contribution in [0.4, 0.5) is 0 Å². The minimum atomic E-state index is -0.345. The Morgan fingerprint density at radius 1 is 1.39 bits per heavy atom. The zero-order chi connectivity index (χ0) is 13.5. The van der Waals surface area contributed by atoms with Crippen LogP contribution in [-0.2, 0) is 11.3 Å². The van der Waals surface area contributed by atoms with Crippen LogP contribution in [0.2, 0.25) is 0 Å². The second kappa shape index (κ2) is 7.11. The minimum absolute atomic E-state index is 0.345. The van der Waals surface area contributed by atoms with E-state index in [0.717, 1.165) is 25.1 Å². The molecule has 1 rings (SSSR count). The molecule has 0 N–H and O–H groups in total. The van der Waals surface area contributed by atoms with Gasteiger partial charge in [-0.2, -0.15) is 0 Å². The van der Waals surface area contributed by atoms with E-state index in [1.807, 2.05) is 6.07 Å². The predicted octanol–water partition coefficient (Wildman–Crippen LogP) is 2.49. The maximum atomic E-state index is 11.3. The van der Waals surface area contributed by atoms with Crippen LogP contribution < -0.4 is 0 Å². The topological polar surface area (TPSA) is 42.4 Å². The molecule has 0 spiro atoms. The molecule has 0 fully saturated rings. The molecular formula is C14H22N2O2. The molecule has 4 heteroatoms. The molecule has 100 valence electrons. The van der Waals surface area contributed by atoms with E-state index in [-0.39, 0.29) is 5.97 Å². The first kappa shape index (κ1) is 14.6. The summed E-state index contributed by atoms with van der Waals surface area (Å²) in [5, 5.41) is 0. The number of nitrogens with zero attached hydrogens (tertiary/aromatic N) is 2. The molecule has 0 bridgehead atoms. The third-order valence-corrected chi connectivity index (χ3v) is 3.22. The molecule has 0 radical (unpaired) electrons. The monoisotopic (exact) mass is 250 g/mol. The number of carbonyl (C=O) groups excluding carboxylic acids is 1.